The molecule has 1 unspecified atom stereocenters. The number of benzene rings is 2. The van der Waals surface area contributed by atoms with Crippen LogP contribution < -0.4 is 10.6 Å². The number of non-ortho nitro benzene ring substituents is 1. The molecule has 32 heavy (non-hydrogen) atoms. The lowest BCUT2D eigenvalue weighted by atomic mass is 9.74. The highest BCUT2D eigenvalue weighted by Gasteiger charge is 2.41. The maximum Gasteiger partial charge on any atom is 0.271 e. The summed E-state index contributed by atoms with van der Waals surface area (Å²) in [6, 6.07) is 12.2. The third-order valence-corrected chi connectivity index (χ3v) is 6.35. The predicted octanol–water partition coefficient (Wildman–Crippen LogP) is 5.17. The van der Waals surface area contributed by atoms with Gasteiger partial charge in [0, 0.05) is 29.8 Å². The quantitative estimate of drug-likeness (QED) is 0.511. The Hall–Kier alpha value is -3.63. The zero-order valence-corrected chi connectivity index (χ0v) is 18.4. The molecule has 1 atom stereocenters. The van der Waals surface area contributed by atoms with E-state index in [1.54, 1.807) is 4.90 Å². The molecule has 0 bridgehead atoms. The first-order valence-corrected chi connectivity index (χ1v) is 10.6. The number of anilines is 1. The van der Waals surface area contributed by atoms with E-state index in [1.165, 1.54) is 18.2 Å². The molecular formula is C24H21ClN4O3. The van der Waals surface area contributed by atoms with E-state index in [0.717, 1.165) is 16.7 Å². The van der Waals surface area contributed by atoms with Gasteiger partial charge >= 0.3 is 0 Å². The summed E-state index contributed by atoms with van der Waals surface area (Å²) in [5.41, 5.74) is 10.9. The van der Waals surface area contributed by atoms with Crippen molar-refractivity contribution >= 4 is 28.8 Å². The minimum atomic E-state index is -0.586. The van der Waals surface area contributed by atoms with E-state index < -0.39 is 10.8 Å². The number of nitro groups is 1. The molecular weight excluding hydrogens is 428 g/mol. The van der Waals surface area contributed by atoms with Gasteiger partial charge in [0.1, 0.15) is 5.82 Å². The summed E-state index contributed by atoms with van der Waals surface area (Å²) in [5.74, 6) is -0.506. The van der Waals surface area contributed by atoms with Gasteiger partial charge in [0.2, 0.25) is 0 Å². The first-order valence-electron chi connectivity index (χ1n) is 10.2. The molecule has 0 radical (unpaired) electrons. The lowest BCUT2D eigenvalue weighted by Crippen LogP contribution is -2.39. The fourth-order valence-electron chi connectivity index (χ4n) is 4.61. The Kier molecular flexibility index (Phi) is 5.49. The summed E-state index contributed by atoms with van der Waals surface area (Å²) in [6.45, 7) is 3.93. The van der Waals surface area contributed by atoms with Crippen LogP contribution in [0.2, 0.25) is 5.02 Å². The molecule has 0 aromatic heterocycles. The molecule has 8 heteroatoms. The number of nitrogens with two attached hydrogens (primary N) is 1. The van der Waals surface area contributed by atoms with Crippen molar-refractivity contribution in [2.24, 2.45) is 5.73 Å². The zero-order chi connectivity index (χ0) is 23.2. The second kappa shape index (κ2) is 8.13. The van der Waals surface area contributed by atoms with E-state index in [1.807, 2.05) is 32.0 Å². The summed E-state index contributed by atoms with van der Waals surface area (Å²) >= 11 is 6.42. The van der Waals surface area contributed by atoms with Crippen LogP contribution in [0, 0.1) is 35.3 Å². The minimum absolute atomic E-state index is 0.0528. The van der Waals surface area contributed by atoms with Gasteiger partial charge in [-0.25, -0.2) is 0 Å². The Labute approximate surface area is 190 Å². The Morgan fingerprint density at radius 3 is 2.62 bits per heavy atom. The lowest BCUT2D eigenvalue weighted by Gasteiger charge is -2.40. The van der Waals surface area contributed by atoms with Crippen molar-refractivity contribution in [1.29, 1.82) is 5.26 Å². The molecule has 1 aliphatic carbocycles. The van der Waals surface area contributed by atoms with Gasteiger partial charge in [0.25, 0.3) is 5.69 Å². The van der Waals surface area contributed by atoms with Crippen molar-refractivity contribution < 1.29 is 9.72 Å². The first kappa shape index (κ1) is 21.6. The standard InChI is InChI=1S/C24H21ClN4O3/c1-13-6-8-16(14(2)10-13)22-17(12-26)24(27)28(19-4-3-5-21(30)23(19)22)20-11-15(29(31)32)7-9-18(20)25/h6-11,22H,3-5,27H2,1-2H3. The molecule has 0 saturated heterocycles. The normalized spacial score (nSPS) is 18.5. The van der Waals surface area contributed by atoms with Crippen LogP contribution in [-0.2, 0) is 4.79 Å². The smallest absolute Gasteiger partial charge is 0.271 e. The van der Waals surface area contributed by atoms with Crippen LogP contribution in [0.4, 0.5) is 11.4 Å². The molecule has 2 aliphatic rings. The number of Topliss-reactive ketones (excluding diaryl/α,β-unsaturated/α-hetero) is 1. The van der Waals surface area contributed by atoms with Crippen molar-refractivity contribution in [3.63, 3.8) is 0 Å². The molecule has 4 rings (SSSR count). The van der Waals surface area contributed by atoms with Crippen molar-refractivity contribution in [3.05, 3.63) is 90.9 Å². The number of carbonyl (C=O) groups is 1. The van der Waals surface area contributed by atoms with Crippen LogP contribution >= 0.6 is 11.6 Å². The lowest BCUT2D eigenvalue weighted by molar-refractivity contribution is -0.384. The van der Waals surface area contributed by atoms with Gasteiger partial charge in [0.15, 0.2) is 5.78 Å². The number of halogens is 1. The second-order valence-corrected chi connectivity index (χ2v) is 8.48. The van der Waals surface area contributed by atoms with Gasteiger partial charge in [-0.15, -0.1) is 0 Å². The molecule has 0 fully saturated rings. The second-order valence-electron chi connectivity index (χ2n) is 8.07. The summed E-state index contributed by atoms with van der Waals surface area (Å²) in [7, 11) is 0. The van der Waals surface area contributed by atoms with E-state index in [4.69, 9.17) is 17.3 Å². The molecule has 0 amide bonds. The molecule has 1 heterocycles. The number of allylic oxidation sites excluding steroid dienone is 3. The van der Waals surface area contributed by atoms with Crippen LogP contribution in [0.5, 0.6) is 0 Å². The number of ketones is 1. The molecule has 0 saturated carbocycles. The Bertz CT molecular complexity index is 1270. The van der Waals surface area contributed by atoms with E-state index in [-0.39, 0.29) is 33.6 Å². The van der Waals surface area contributed by atoms with Gasteiger partial charge in [-0.2, -0.15) is 5.26 Å². The number of hydrogen-bond acceptors (Lipinski definition) is 6. The average molecular weight is 449 g/mol. The largest absolute Gasteiger partial charge is 0.384 e. The highest BCUT2D eigenvalue weighted by atomic mass is 35.5. The summed E-state index contributed by atoms with van der Waals surface area (Å²) in [4.78, 5) is 25.6. The Balaban J connectivity index is 2.01. The fourth-order valence-corrected chi connectivity index (χ4v) is 4.81. The van der Waals surface area contributed by atoms with Gasteiger partial charge in [-0.1, -0.05) is 35.4 Å². The number of rotatable bonds is 3. The number of aryl methyl sites for hydroxylation is 2. The average Bonchev–Trinajstić information content (AvgIpc) is 2.74. The van der Waals surface area contributed by atoms with Crippen molar-refractivity contribution in [2.45, 2.75) is 39.0 Å². The highest BCUT2D eigenvalue weighted by Crippen LogP contribution is 2.48. The molecule has 2 N–H and O–H groups in total. The zero-order valence-electron chi connectivity index (χ0n) is 17.7. The van der Waals surface area contributed by atoms with Gasteiger partial charge in [0.05, 0.1) is 33.2 Å². The Morgan fingerprint density at radius 2 is 1.97 bits per heavy atom. The molecule has 162 valence electrons. The number of nitrogens with zero attached hydrogens (tertiary/aromatic N) is 3. The summed E-state index contributed by atoms with van der Waals surface area (Å²) < 4.78 is 0. The number of hydrogen-bond donors (Lipinski definition) is 1. The van der Waals surface area contributed by atoms with Crippen molar-refractivity contribution in [3.8, 4) is 6.07 Å². The number of carbonyl (C=O) groups excluding carboxylic acids is 1. The van der Waals surface area contributed by atoms with Crippen LogP contribution in [-0.4, -0.2) is 10.7 Å². The van der Waals surface area contributed by atoms with Gasteiger partial charge < -0.3 is 5.73 Å². The third kappa shape index (κ3) is 3.43. The van der Waals surface area contributed by atoms with Gasteiger partial charge in [-0.3, -0.25) is 19.8 Å². The SMILES string of the molecule is Cc1ccc(C2C(C#N)=C(N)N(c3cc([N+](=O)[O-])ccc3Cl)C3=C2C(=O)CCC3)c(C)c1. The Morgan fingerprint density at radius 1 is 1.22 bits per heavy atom. The number of nitriles is 1. The molecule has 0 spiro atoms. The highest BCUT2D eigenvalue weighted by molar-refractivity contribution is 6.33. The van der Waals surface area contributed by atoms with E-state index in [2.05, 4.69) is 6.07 Å². The van der Waals surface area contributed by atoms with E-state index in [0.29, 0.717) is 30.5 Å². The van der Waals surface area contributed by atoms with Crippen LogP contribution in [0.25, 0.3) is 0 Å². The van der Waals surface area contributed by atoms with Crippen LogP contribution in [0.15, 0.2) is 59.1 Å². The summed E-state index contributed by atoms with van der Waals surface area (Å²) in [5, 5.41) is 21.7. The van der Waals surface area contributed by atoms with Crippen LogP contribution in [0.3, 0.4) is 0 Å². The third-order valence-electron chi connectivity index (χ3n) is 6.03. The van der Waals surface area contributed by atoms with E-state index >= 15 is 0 Å². The van der Waals surface area contributed by atoms with Gasteiger partial charge in [-0.05, 0) is 43.9 Å². The summed E-state index contributed by atoms with van der Waals surface area (Å²) in [6.07, 6.45) is 1.53. The van der Waals surface area contributed by atoms with Crippen molar-refractivity contribution in [1.82, 2.24) is 0 Å². The topological polar surface area (TPSA) is 113 Å². The minimum Gasteiger partial charge on any atom is -0.384 e. The molecule has 2 aromatic rings. The monoisotopic (exact) mass is 448 g/mol. The van der Waals surface area contributed by atoms with E-state index in [9.17, 15) is 20.2 Å². The molecule has 1 aliphatic heterocycles. The molecule has 2 aromatic carbocycles. The maximum absolute atomic E-state index is 13.2. The first-order chi connectivity index (χ1) is 15.2. The fraction of sp³-hybridized carbons (Fsp3) is 0.250. The maximum atomic E-state index is 13.2. The molecule has 7 nitrogen and oxygen atoms in total. The number of nitro benzene ring substituents is 1. The predicted molar refractivity (Wildman–Crippen MR) is 122 cm³/mol. The van der Waals surface area contributed by atoms with Crippen LogP contribution in [0.1, 0.15) is 41.9 Å². The van der Waals surface area contributed by atoms with Crippen molar-refractivity contribution in [2.75, 3.05) is 4.90 Å².